The van der Waals surface area contributed by atoms with Gasteiger partial charge in [0.1, 0.15) is 22.4 Å². The minimum Gasteiger partial charge on any atom is -0.355 e. The molecule has 0 aliphatic heterocycles. The van der Waals surface area contributed by atoms with Gasteiger partial charge in [-0.1, -0.05) is 231 Å². The SMILES string of the molecule is Clc1nc(-c2ccccc2)c2ncccc2n1.c1ccc(-c2nc(-n3c4ccccc4c4cc(-c5cc6c7ccccc7n(-c7ccccc7)c6c6ccccc56)ccc43)nc3cccnc23)cc1.c1ccc(-n2c3ccccc3c3cc(-c4ccc5[nH]c6ccccc6c5c4)c4ccccc4c32)cc1. The second-order valence-corrected chi connectivity index (χ2v) is 26.6. The number of nitrogens with zero attached hydrogens (tertiary/aromatic N) is 9. The number of hydrogen-bond acceptors (Lipinski definition) is 6. The van der Waals surface area contributed by atoms with Crippen molar-refractivity contribution in [2.24, 2.45) is 0 Å². The van der Waals surface area contributed by atoms with Gasteiger partial charge in [-0.3, -0.25) is 14.5 Å². The summed E-state index contributed by atoms with van der Waals surface area (Å²) < 4.78 is 7.03. The van der Waals surface area contributed by atoms with Crippen LogP contribution in [0.4, 0.5) is 0 Å². The lowest BCUT2D eigenvalue weighted by Gasteiger charge is -2.13. The van der Waals surface area contributed by atoms with Gasteiger partial charge in [0.15, 0.2) is 0 Å². The molecule has 0 saturated heterocycles. The zero-order valence-corrected chi connectivity index (χ0v) is 57.1. The van der Waals surface area contributed by atoms with Gasteiger partial charge >= 0.3 is 0 Å². The van der Waals surface area contributed by atoms with Crippen LogP contribution in [-0.4, -0.2) is 48.6 Å². The van der Waals surface area contributed by atoms with Crippen molar-refractivity contribution in [3.8, 4) is 62.1 Å². The van der Waals surface area contributed by atoms with Crippen molar-refractivity contribution in [3.63, 3.8) is 0 Å². The van der Waals surface area contributed by atoms with Gasteiger partial charge in [-0.25, -0.2) is 19.9 Å². The number of benzene rings is 14. The molecular weight excluding hydrogens is 1300 g/mol. The second kappa shape index (κ2) is 25.3. The van der Waals surface area contributed by atoms with Gasteiger partial charge in [0.05, 0.1) is 44.1 Å². The zero-order valence-electron chi connectivity index (χ0n) is 56.4. The Morgan fingerprint density at radius 3 is 1.20 bits per heavy atom. The molecule has 0 unspecified atom stereocenters. The van der Waals surface area contributed by atoms with Gasteiger partial charge in [0.2, 0.25) is 11.2 Å². The van der Waals surface area contributed by atoms with Gasteiger partial charge < -0.3 is 14.1 Å². The third-order valence-corrected chi connectivity index (χ3v) is 20.5. The van der Waals surface area contributed by atoms with Crippen LogP contribution in [0.2, 0.25) is 5.28 Å². The van der Waals surface area contributed by atoms with Gasteiger partial charge in [-0.05, 0) is 154 Å². The summed E-state index contributed by atoms with van der Waals surface area (Å²) in [7, 11) is 0. The van der Waals surface area contributed by atoms with Crippen molar-refractivity contribution in [1.82, 2.24) is 48.6 Å². The predicted octanol–water partition coefficient (Wildman–Crippen LogP) is 24.3. The maximum absolute atomic E-state index is 5.92. The molecule has 8 aromatic heterocycles. The van der Waals surface area contributed by atoms with Crippen LogP contribution in [-0.2, 0) is 0 Å². The molecule has 0 bridgehead atoms. The molecule has 0 fully saturated rings. The largest absolute Gasteiger partial charge is 0.355 e. The van der Waals surface area contributed by atoms with Crippen LogP contribution in [0, 0.1) is 0 Å². The number of fused-ring (bicyclic) bond motifs is 18. The van der Waals surface area contributed by atoms with Crippen LogP contribution in [0.15, 0.2) is 352 Å². The highest BCUT2D eigenvalue weighted by molar-refractivity contribution is 6.29. The summed E-state index contributed by atoms with van der Waals surface area (Å²) in [5.41, 5.74) is 23.3. The molecular formula is C94H59ClN10. The van der Waals surface area contributed by atoms with Crippen LogP contribution in [0.25, 0.3) is 193 Å². The zero-order chi connectivity index (χ0) is 69.5. The summed E-state index contributed by atoms with van der Waals surface area (Å²) in [6, 6.07) is 120. The number of para-hydroxylation sites is 6. The number of aromatic amines is 1. The Labute approximate surface area is 606 Å². The van der Waals surface area contributed by atoms with Crippen molar-refractivity contribution in [3.05, 3.63) is 357 Å². The summed E-state index contributed by atoms with van der Waals surface area (Å²) in [5, 5.41) is 15.1. The van der Waals surface area contributed by atoms with Crippen LogP contribution in [0.3, 0.4) is 0 Å². The first-order chi connectivity index (χ1) is 52.0. The molecule has 0 atom stereocenters. The van der Waals surface area contributed by atoms with E-state index >= 15 is 0 Å². The van der Waals surface area contributed by atoms with E-state index in [1.54, 1.807) is 12.4 Å². The van der Waals surface area contributed by atoms with Gasteiger partial charge in [0, 0.05) is 99.8 Å². The van der Waals surface area contributed by atoms with E-state index in [-0.39, 0.29) is 5.28 Å². The van der Waals surface area contributed by atoms with E-state index in [1.165, 1.54) is 115 Å². The van der Waals surface area contributed by atoms with Crippen molar-refractivity contribution < 1.29 is 0 Å². The van der Waals surface area contributed by atoms with Gasteiger partial charge in [0.25, 0.3) is 0 Å². The average Bonchev–Trinajstić information content (AvgIpc) is 1.55. The van der Waals surface area contributed by atoms with Crippen LogP contribution >= 0.6 is 11.6 Å². The molecule has 0 saturated carbocycles. The average molecular weight is 1360 g/mol. The Hall–Kier alpha value is -13.9. The maximum atomic E-state index is 5.92. The van der Waals surface area contributed by atoms with E-state index < -0.39 is 0 Å². The van der Waals surface area contributed by atoms with E-state index in [9.17, 15) is 0 Å². The summed E-state index contributed by atoms with van der Waals surface area (Å²) in [5.74, 6) is 0.624. The fourth-order valence-corrected chi connectivity index (χ4v) is 16.0. The number of aromatic nitrogens is 10. The smallest absolute Gasteiger partial charge is 0.235 e. The number of halogens is 1. The fourth-order valence-electron chi connectivity index (χ4n) is 15.8. The Morgan fingerprint density at radius 1 is 0.257 bits per heavy atom. The van der Waals surface area contributed by atoms with Gasteiger partial charge in [-0.2, -0.15) is 0 Å². The van der Waals surface area contributed by atoms with E-state index in [0.717, 1.165) is 72.1 Å². The first kappa shape index (κ1) is 61.0. The summed E-state index contributed by atoms with van der Waals surface area (Å²) in [6.45, 7) is 0. The number of hydrogen-bond donors (Lipinski definition) is 1. The lowest BCUT2D eigenvalue weighted by atomic mass is 9.94. The molecule has 0 radical (unpaired) electrons. The topological polar surface area (TPSA) is 108 Å². The molecule has 0 aliphatic rings. The van der Waals surface area contributed by atoms with Gasteiger partial charge in [-0.15, -0.1) is 0 Å². The molecule has 8 heterocycles. The maximum Gasteiger partial charge on any atom is 0.235 e. The monoisotopic (exact) mass is 1360 g/mol. The minimum atomic E-state index is 0.240. The van der Waals surface area contributed by atoms with E-state index in [1.807, 2.05) is 72.8 Å². The van der Waals surface area contributed by atoms with Crippen LogP contribution in [0.5, 0.6) is 0 Å². The molecule has 11 heteroatoms. The normalized spacial score (nSPS) is 11.7. The highest BCUT2D eigenvalue weighted by Gasteiger charge is 2.23. The Kier molecular flexibility index (Phi) is 14.7. The lowest BCUT2D eigenvalue weighted by molar-refractivity contribution is 1.01. The standard InChI is InChI=1S/C47H29N5.C34H22N2.C13H8ClN3/c1-3-14-30(15-4-1)44-45-40(22-13-27-48-45)49-47(50-44)52-42-24-12-9-19-34(42)38-28-31(25-26-43(38)52)37-29-39-35-20-10-11-23-41(35)51(32-16-5-2-6-17-32)46(39)36-21-8-7-18-33(36)37;1-2-10-23(11-3-1)36-33-17-9-7-14-26(33)30-21-28(24-12-4-5-15-27(24)34(30)36)22-18-19-32-29(20-22)25-13-6-8-16-31(25)35-32;14-13-16-10-7-4-8-15-12(10)11(17-13)9-5-2-1-3-6-9/h1-29H;1-21,35H;1-8H. The molecule has 22 rings (SSSR count). The van der Waals surface area contributed by atoms with Crippen molar-refractivity contribution >= 4 is 142 Å². The second-order valence-electron chi connectivity index (χ2n) is 26.3. The molecule has 22 aromatic rings. The quantitative estimate of drug-likeness (QED) is 0.159. The molecule has 0 aliphatic carbocycles. The number of nitrogens with one attached hydrogen (secondary N) is 1. The van der Waals surface area contributed by atoms with E-state index in [4.69, 9.17) is 26.6 Å². The first-order valence-electron chi connectivity index (χ1n) is 35.1. The fraction of sp³-hybridized carbons (Fsp3) is 0. The number of pyridine rings is 2. The Balaban J connectivity index is 0.000000119. The summed E-state index contributed by atoms with van der Waals surface area (Å²) >= 11 is 5.92. The third kappa shape index (κ3) is 10.3. The molecule has 492 valence electrons. The van der Waals surface area contributed by atoms with Crippen molar-refractivity contribution in [2.75, 3.05) is 0 Å². The molecule has 14 aromatic carbocycles. The van der Waals surface area contributed by atoms with Crippen LogP contribution in [0.1, 0.15) is 0 Å². The van der Waals surface area contributed by atoms with Crippen molar-refractivity contribution in [1.29, 1.82) is 0 Å². The molecule has 1 N–H and O–H groups in total. The highest BCUT2D eigenvalue weighted by atomic mass is 35.5. The van der Waals surface area contributed by atoms with E-state index in [0.29, 0.717) is 5.95 Å². The lowest BCUT2D eigenvalue weighted by Crippen LogP contribution is -2.04. The predicted molar refractivity (Wildman–Crippen MR) is 435 cm³/mol. The molecule has 0 spiro atoms. The number of H-pyrrole nitrogens is 1. The summed E-state index contributed by atoms with van der Waals surface area (Å²) in [6.07, 6.45) is 3.53. The molecule has 0 amide bonds. The third-order valence-electron chi connectivity index (χ3n) is 20.3. The van der Waals surface area contributed by atoms with Crippen LogP contribution < -0.4 is 0 Å². The molecule has 105 heavy (non-hydrogen) atoms. The highest BCUT2D eigenvalue weighted by Crippen LogP contribution is 2.46. The molecule has 10 nitrogen and oxygen atoms in total. The minimum absolute atomic E-state index is 0.240. The first-order valence-corrected chi connectivity index (χ1v) is 35.5. The van der Waals surface area contributed by atoms with Crippen molar-refractivity contribution in [2.45, 2.75) is 0 Å². The number of rotatable bonds is 7. The Bertz CT molecular complexity index is 7170. The Morgan fingerprint density at radius 2 is 0.657 bits per heavy atom. The van der Waals surface area contributed by atoms with E-state index in [2.05, 4.69) is 301 Å². The summed E-state index contributed by atoms with van der Waals surface area (Å²) in [4.78, 5) is 31.3.